The summed E-state index contributed by atoms with van der Waals surface area (Å²) in [5.41, 5.74) is -0.512. The van der Waals surface area contributed by atoms with Crippen molar-refractivity contribution in [2.75, 3.05) is 6.61 Å². The van der Waals surface area contributed by atoms with Gasteiger partial charge in [-0.2, -0.15) is 0 Å². The third kappa shape index (κ3) is 6.36. The van der Waals surface area contributed by atoms with Gasteiger partial charge in [-0.1, -0.05) is 12.1 Å². The molecule has 0 radical (unpaired) electrons. The van der Waals surface area contributed by atoms with E-state index in [2.05, 4.69) is 5.32 Å². The Balaban J connectivity index is 1.94. The molecule has 0 spiro atoms. The number of carbonyl (C=O) groups excluding carboxylic acids is 1. The molecular weight excluding hydrogens is 373 g/mol. The number of carbonyl (C=O) groups is 1. The molecule has 0 saturated carbocycles. The van der Waals surface area contributed by atoms with Gasteiger partial charge < -0.3 is 29.2 Å². The highest BCUT2D eigenvalue weighted by Gasteiger charge is 2.51. The van der Waals surface area contributed by atoms with E-state index < -0.39 is 42.2 Å². The number of hydrogen-bond donors (Lipinski definition) is 2. The van der Waals surface area contributed by atoms with Crippen LogP contribution in [0.15, 0.2) is 24.3 Å². The molecule has 1 saturated heterocycles. The maximum Gasteiger partial charge on any atom is 0.494 e. The Labute approximate surface area is 174 Å². The minimum Gasteiger partial charge on any atom is -0.491 e. The number of ether oxygens (including phenoxy) is 2. The molecule has 1 aromatic carbocycles. The van der Waals surface area contributed by atoms with Crippen LogP contribution in [0.5, 0.6) is 5.75 Å². The molecule has 1 heterocycles. The molecule has 29 heavy (non-hydrogen) atoms. The SMILES string of the molecule is C[C@H](O)[C@H](COc1ccc(B2OC(C)(C)C(C)(C)O2)cc1)NC(=O)OC(C)(C)C. The topological polar surface area (TPSA) is 86.3 Å². The molecule has 1 aromatic rings. The zero-order valence-electron chi connectivity index (χ0n) is 18.7. The van der Waals surface area contributed by atoms with Crippen molar-refractivity contribution in [3.8, 4) is 5.75 Å². The van der Waals surface area contributed by atoms with E-state index in [1.165, 1.54) is 0 Å². The van der Waals surface area contributed by atoms with Gasteiger partial charge in [0.2, 0.25) is 0 Å². The number of hydrogen-bond acceptors (Lipinski definition) is 6. The Morgan fingerprint density at radius 3 is 2.10 bits per heavy atom. The van der Waals surface area contributed by atoms with Crippen molar-refractivity contribution >= 4 is 18.7 Å². The van der Waals surface area contributed by atoms with Crippen molar-refractivity contribution in [2.45, 2.75) is 84.3 Å². The minimum atomic E-state index is -0.799. The lowest BCUT2D eigenvalue weighted by atomic mass is 9.79. The molecule has 0 aliphatic carbocycles. The number of aliphatic hydroxyl groups is 1. The lowest BCUT2D eigenvalue weighted by molar-refractivity contribution is 0.00578. The predicted molar refractivity (Wildman–Crippen MR) is 112 cm³/mol. The van der Waals surface area contributed by atoms with Gasteiger partial charge in [-0.3, -0.25) is 0 Å². The fourth-order valence-corrected chi connectivity index (χ4v) is 2.65. The van der Waals surface area contributed by atoms with Crippen LogP contribution in [0, 0.1) is 0 Å². The number of benzene rings is 1. The van der Waals surface area contributed by atoms with E-state index in [0.717, 1.165) is 5.46 Å². The summed E-state index contributed by atoms with van der Waals surface area (Å²) in [4.78, 5) is 12.0. The van der Waals surface area contributed by atoms with E-state index >= 15 is 0 Å². The largest absolute Gasteiger partial charge is 0.494 e. The molecule has 162 valence electrons. The zero-order valence-corrected chi connectivity index (χ0v) is 18.7. The highest BCUT2D eigenvalue weighted by molar-refractivity contribution is 6.62. The molecule has 2 rings (SSSR count). The standard InChI is InChI=1S/C21H34BNO6/c1-14(24)17(23-18(25)27-19(2,3)4)13-26-16-11-9-15(10-12-16)22-28-20(5,6)21(7,8)29-22/h9-12,14,17,24H,13H2,1-8H3,(H,23,25)/t14-,17-/m0/s1. The van der Waals surface area contributed by atoms with Crippen molar-refractivity contribution in [3.63, 3.8) is 0 Å². The van der Waals surface area contributed by atoms with Crippen LogP contribution in [0.2, 0.25) is 0 Å². The van der Waals surface area contributed by atoms with Gasteiger partial charge in [-0.25, -0.2) is 4.79 Å². The quantitative estimate of drug-likeness (QED) is 0.706. The van der Waals surface area contributed by atoms with Crippen molar-refractivity contribution in [1.82, 2.24) is 5.32 Å². The lowest BCUT2D eigenvalue weighted by Gasteiger charge is -2.32. The first-order valence-electron chi connectivity index (χ1n) is 9.96. The molecule has 1 amide bonds. The van der Waals surface area contributed by atoms with Crippen LogP contribution in [-0.4, -0.2) is 53.9 Å². The molecule has 1 fully saturated rings. The summed E-state index contributed by atoms with van der Waals surface area (Å²) in [7, 11) is -0.437. The lowest BCUT2D eigenvalue weighted by Crippen LogP contribution is -2.47. The monoisotopic (exact) mass is 407 g/mol. The Morgan fingerprint density at radius 1 is 1.14 bits per heavy atom. The summed E-state index contributed by atoms with van der Waals surface area (Å²) in [6.07, 6.45) is -1.39. The van der Waals surface area contributed by atoms with Crippen LogP contribution >= 0.6 is 0 Å². The van der Waals surface area contributed by atoms with E-state index in [1.54, 1.807) is 27.7 Å². The fourth-order valence-electron chi connectivity index (χ4n) is 2.65. The molecule has 0 unspecified atom stereocenters. The first-order chi connectivity index (χ1) is 13.2. The second-order valence-corrected chi connectivity index (χ2v) is 9.46. The highest BCUT2D eigenvalue weighted by Crippen LogP contribution is 2.36. The van der Waals surface area contributed by atoms with Crippen LogP contribution in [0.25, 0.3) is 0 Å². The van der Waals surface area contributed by atoms with Crippen molar-refractivity contribution in [1.29, 1.82) is 0 Å². The van der Waals surface area contributed by atoms with Crippen LogP contribution < -0.4 is 15.5 Å². The van der Waals surface area contributed by atoms with Crippen LogP contribution in [0.3, 0.4) is 0 Å². The molecule has 7 nitrogen and oxygen atoms in total. The number of aliphatic hydroxyl groups excluding tert-OH is 1. The molecule has 1 aliphatic rings. The molecule has 1 aliphatic heterocycles. The normalized spacial score (nSPS) is 20.1. The van der Waals surface area contributed by atoms with Gasteiger partial charge in [-0.05, 0) is 73.0 Å². The maximum absolute atomic E-state index is 12.0. The second-order valence-electron chi connectivity index (χ2n) is 9.46. The van der Waals surface area contributed by atoms with E-state index in [9.17, 15) is 9.90 Å². The Kier molecular flexibility index (Phi) is 6.92. The van der Waals surface area contributed by atoms with E-state index in [1.807, 2.05) is 52.0 Å². The Bertz CT molecular complexity index is 680. The first-order valence-corrected chi connectivity index (χ1v) is 9.96. The zero-order chi connectivity index (χ0) is 22.0. The second kappa shape index (κ2) is 8.54. The van der Waals surface area contributed by atoms with Crippen molar-refractivity contribution in [2.24, 2.45) is 0 Å². The van der Waals surface area contributed by atoms with E-state index in [-0.39, 0.29) is 6.61 Å². The van der Waals surface area contributed by atoms with Gasteiger partial charge in [-0.15, -0.1) is 0 Å². The molecule has 8 heteroatoms. The van der Waals surface area contributed by atoms with Crippen LogP contribution in [0.4, 0.5) is 4.79 Å². The summed E-state index contributed by atoms with van der Waals surface area (Å²) >= 11 is 0. The number of rotatable bonds is 6. The molecular formula is C21H34BNO6. The summed E-state index contributed by atoms with van der Waals surface area (Å²) in [5.74, 6) is 0.613. The number of nitrogens with one attached hydrogen (secondary N) is 1. The molecule has 0 aromatic heterocycles. The molecule has 0 bridgehead atoms. The van der Waals surface area contributed by atoms with E-state index in [0.29, 0.717) is 5.75 Å². The first kappa shape index (κ1) is 23.5. The average Bonchev–Trinajstić information content (AvgIpc) is 2.78. The van der Waals surface area contributed by atoms with Crippen molar-refractivity contribution < 1.29 is 28.7 Å². The number of amides is 1. The summed E-state index contributed by atoms with van der Waals surface area (Å²) in [6, 6.07) is 6.79. The van der Waals surface area contributed by atoms with E-state index in [4.69, 9.17) is 18.8 Å². The molecule has 2 atom stereocenters. The van der Waals surface area contributed by atoms with Crippen LogP contribution in [0.1, 0.15) is 55.4 Å². The van der Waals surface area contributed by atoms with Crippen molar-refractivity contribution in [3.05, 3.63) is 24.3 Å². The Morgan fingerprint density at radius 2 is 1.66 bits per heavy atom. The summed E-state index contributed by atoms with van der Waals surface area (Å²) < 4.78 is 23.1. The highest BCUT2D eigenvalue weighted by atomic mass is 16.7. The average molecular weight is 407 g/mol. The third-order valence-electron chi connectivity index (χ3n) is 5.12. The smallest absolute Gasteiger partial charge is 0.491 e. The van der Waals surface area contributed by atoms with Gasteiger partial charge in [0.15, 0.2) is 0 Å². The number of alkyl carbamates (subject to hydrolysis) is 1. The van der Waals surface area contributed by atoms with Crippen LogP contribution in [-0.2, 0) is 14.0 Å². The maximum atomic E-state index is 12.0. The summed E-state index contributed by atoms with van der Waals surface area (Å²) in [6.45, 7) is 15.1. The van der Waals surface area contributed by atoms with Gasteiger partial charge in [0.1, 0.15) is 18.0 Å². The third-order valence-corrected chi connectivity index (χ3v) is 5.12. The van der Waals surface area contributed by atoms with Gasteiger partial charge >= 0.3 is 13.2 Å². The summed E-state index contributed by atoms with van der Waals surface area (Å²) in [5, 5.41) is 12.6. The van der Waals surface area contributed by atoms with Gasteiger partial charge in [0, 0.05) is 0 Å². The Hall–Kier alpha value is -1.77. The molecule has 2 N–H and O–H groups in total. The van der Waals surface area contributed by atoms with Gasteiger partial charge in [0.25, 0.3) is 0 Å². The minimum absolute atomic E-state index is 0.104. The fraction of sp³-hybridized carbons (Fsp3) is 0.667. The van der Waals surface area contributed by atoms with Gasteiger partial charge in [0.05, 0.1) is 23.3 Å². The predicted octanol–water partition coefficient (Wildman–Crippen LogP) is 2.64.